The molecule has 0 aromatic heterocycles. The molecule has 1 aromatic rings. The van der Waals surface area contributed by atoms with Crippen molar-refractivity contribution in [2.75, 3.05) is 11.9 Å². The molecule has 0 spiro atoms. The van der Waals surface area contributed by atoms with Gasteiger partial charge in [-0.25, -0.2) is 4.39 Å². The average Bonchev–Trinajstić information content (AvgIpc) is 2.72. The largest absolute Gasteiger partial charge is 0.384 e. The monoisotopic (exact) mass is 232 g/mol. The molecular formula is C14H17FN2. The maximum atomic E-state index is 13.4. The average molecular weight is 232 g/mol. The van der Waals surface area contributed by atoms with Gasteiger partial charge in [0.25, 0.3) is 0 Å². The summed E-state index contributed by atoms with van der Waals surface area (Å²) in [4.78, 5) is 0. The minimum Gasteiger partial charge on any atom is -0.384 e. The number of hydrogen-bond donors (Lipinski definition) is 1. The zero-order valence-corrected chi connectivity index (χ0v) is 10.0. The van der Waals surface area contributed by atoms with Crippen LogP contribution in [0.1, 0.15) is 31.7 Å². The van der Waals surface area contributed by atoms with Gasteiger partial charge < -0.3 is 5.32 Å². The summed E-state index contributed by atoms with van der Waals surface area (Å²) in [5.41, 5.74) is 0.741. The minimum atomic E-state index is -0.447. The Morgan fingerprint density at radius 2 is 2.29 bits per heavy atom. The molecule has 3 heteroatoms. The first-order valence-electron chi connectivity index (χ1n) is 6.15. The number of nitrogens with one attached hydrogen (secondary N) is 1. The molecule has 0 heterocycles. The second-order valence-corrected chi connectivity index (χ2v) is 4.82. The van der Waals surface area contributed by atoms with Gasteiger partial charge in [0, 0.05) is 6.54 Å². The molecule has 1 N–H and O–H groups in total. The molecule has 0 radical (unpaired) electrons. The van der Waals surface area contributed by atoms with Crippen LogP contribution < -0.4 is 5.32 Å². The molecule has 0 amide bonds. The smallest absolute Gasteiger partial charge is 0.143 e. The summed E-state index contributed by atoms with van der Waals surface area (Å²) in [5, 5.41) is 12.1. The van der Waals surface area contributed by atoms with Gasteiger partial charge in [0.05, 0.1) is 5.69 Å². The minimum absolute atomic E-state index is 0.123. The predicted octanol–water partition coefficient (Wildman–Crippen LogP) is 3.55. The van der Waals surface area contributed by atoms with Crippen LogP contribution in [0.3, 0.4) is 0 Å². The Kier molecular flexibility index (Phi) is 3.63. The molecule has 1 saturated carbocycles. The SMILES string of the molecule is CC1CCCC1CNc1cccc(F)c1C#N. The van der Waals surface area contributed by atoms with Crippen LogP contribution >= 0.6 is 0 Å². The summed E-state index contributed by atoms with van der Waals surface area (Å²) >= 11 is 0. The van der Waals surface area contributed by atoms with Gasteiger partial charge in [-0.05, 0) is 30.4 Å². The van der Waals surface area contributed by atoms with E-state index in [1.54, 1.807) is 12.1 Å². The maximum Gasteiger partial charge on any atom is 0.143 e. The van der Waals surface area contributed by atoms with E-state index >= 15 is 0 Å². The van der Waals surface area contributed by atoms with Gasteiger partial charge in [-0.1, -0.05) is 25.8 Å². The van der Waals surface area contributed by atoms with Crippen LogP contribution in [0.2, 0.25) is 0 Å². The van der Waals surface area contributed by atoms with Crippen molar-refractivity contribution in [3.05, 3.63) is 29.6 Å². The lowest BCUT2D eigenvalue weighted by Gasteiger charge is -2.17. The van der Waals surface area contributed by atoms with Gasteiger partial charge in [0.15, 0.2) is 0 Å². The zero-order valence-electron chi connectivity index (χ0n) is 10.0. The van der Waals surface area contributed by atoms with E-state index in [1.807, 2.05) is 6.07 Å². The first-order chi connectivity index (χ1) is 8.22. The summed E-state index contributed by atoms with van der Waals surface area (Å²) in [6.07, 6.45) is 3.79. The van der Waals surface area contributed by atoms with E-state index in [0.717, 1.165) is 12.5 Å². The Balaban J connectivity index is 2.04. The normalized spacial score (nSPS) is 23.4. The Hall–Kier alpha value is -1.56. The lowest BCUT2D eigenvalue weighted by molar-refractivity contribution is 0.439. The maximum absolute atomic E-state index is 13.4. The Labute approximate surface area is 101 Å². The van der Waals surface area contributed by atoms with Crippen LogP contribution in [0.4, 0.5) is 10.1 Å². The van der Waals surface area contributed by atoms with Crippen LogP contribution in [0.25, 0.3) is 0 Å². The van der Waals surface area contributed by atoms with Gasteiger partial charge in [-0.3, -0.25) is 0 Å². The molecule has 1 aliphatic rings. The Morgan fingerprint density at radius 3 is 2.94 bits per heavy atom. The van der Waals surface area contributed by atoms with Crippen molar-refractivity contribution in [3.8, 4) is 6.07 Å². The fourth-order valence-electron chi connectivity index (χ4n) is 2.55. The molecule has 2 nitrogen and oxygen atoms in total. The van der Waals surface area contributed by atoms with E-state index in [9.17, 15) is 4.39 Å². The fraction of sp³-hybridized carbons (Fsp3) is 0.500. The lowest BCUT2D eigenvalue weighted by atomic mass is 9.98. The summed E-state index contributed by atoms with van der Waals surface area (Å²) in [6.45, 7) is 3.09. The van der Waals surface area contributed by atoms with Crippen molar-refractivity contribution >= 4 is 5.69 Å². The van der Waals surface area contributed by atoms with Crippen molar-refractivity contribution in [3.63, 3.8) is 0 Å². The number of nitriles is 1. The molecule has 2 atom stereocenters. The van der Waals surface area contributed by atoms with E-state index in [1.165, 1.54) is 25.3 Å². The molecule has 1 aromatic carbocycles. The molecule has 1 aliphatic carbocycles. The first kappa shape index (κ1) is 11.9. The van der Waals surface area contributed by atoms with Crippen molar-refractivity contribution in [2.45, 2.75) is 26.2 Å². The second kappa shape index (κ2) is 5.18. The van der Waals surface area contributed by atoms with Crippen LogP contribution in [0, 0.1) is 29.0 Å². The fourth-order valence-corrected chi connectivity index (χ4v) is 2.55. The van der Waals surface area contributed by atoms with Crippen molar-refractivity contribution in [1.82, 2.24) is 0 Å². The summed E-state index contributed by atoms with van der Waals surface area (Å²) in [5.74, 6) is 0.920. The van der Waals surface area contributed by atoms with Crippen molar-refractivity contribution in [1.29, 1.82) is 5.26 Å². The zero-order chi connectivity index (χ0) is 12.3. The molecule has 90 valence electrons. The quantitative estimate of drug-likeness (QED) is 0.865. The number of hydrogen-bond acceptors (Lipinski definition) is 2. The summed E-state index contributed by atoms with van der Waals surface area (Å²) < 4.78 is 13.4. The molecule has 0 aliphatic heterocycles. The van der Waals surface area contributed by atoms with Crippen molar-refractivity contribution in [2.24, 2.45) is 11.8 Å². The third-order valence-electron chi connectivity index (χ3n) is 3.72. The van der Waals surface area contributed by atoms with Gasteiger partial charge in [-0.15, -0.1) is 0 Å². The third-order valence-corrected chi connectivity index (χ3v) is 3.72. The van der Waals surface area contributed by atoms with Gasteiger partial charge in [0.1, 0.15) is 17.4 Å². The molecule has 17 heavy (non-hydrogen) atoms. The van der Waals surface area contributed by atoms with Crippen molar-refractivity contribution < 1.29 is 4.39 Å². The molecule has 2 rings (SSSR count). The number of benzene rings is 1. The van der Waals surface area contributed by atoms with E-state index in [0.29, 0.717) is 11.6 Å². The molecule has 0 bridgehead atoms. The van der Waals surface area contributed by atoms with E-state index < -0.39 is 5.82 Å². The van der Waals surface area contributed by atoms with E-state index in [4.69, 9.17) is 5.26 Å². The van der Waals surface area contributed by atoms with Crippen LogP contribution in [-0.4, -0.2) is 6.54 Å². The van der Waals surface area contributed by atoms with Gasteiger partial charge in [0.2, 0.25) is 0 Å². The second-order valence-electron chi connectivity index (χ2n) is 4.82. The van der Waals surface area contributed by atoms with Gasteiger partial charge >= 0.3 is 0 Å². The summed E-state index contributed by atoms with van der Waals surface area (Å²) in [7, 11) is 0. The standard InChI is InChI=1S/C14H17FN2/c1-10-4-2-5-11(10)9-17-14-7-3-6-13(15)12(14)8-16/h3,6-7,10-11,17H,2,4-5,9H2,1H3. The van der Waals surface area contributed by atoms with Crippen LogP contribution in [0.5, 0.6) is 0 Å². The predicted molar refractivity (Wildman–Crippen MR) is 66.1 cm³/mol. The van der Waals surface area contributed by atoms with E-state index in [-0.39, 0.29) is 5.56 Å². The Bertz CT molecular complexity index is 436. The highest BCUT2D eigenvalue weighted by molar-refractivity contribution is 5.57. The lowest BCUT2D eigenvalue weighted by Crippen LogP contribution is -2.17. The highest BCUT2D eigenvalue weighted by atomic mass is 19.1. The Morgan fingerprint density at radius 1 is 1.47 bits per heavy atom. The molecule has 2 unspecified atom stereocenters. The number of anilines is 1. The third kappa shape index (κ3) is 2.58. The topological polar surface area (TPSA) is 35.8 Å². The molecular weight excluding hydrogens is 215 g/mol. The van der Waals surface area contributed by atoms with Gasteiger partial charge in [-0.2, -0.15) is 5.26 Å². The van der Waals surface area contributed by atoms with Crippen LogP contribution in [-0.2, 0) is 0 Å². The van der Waals surface area contributed by atoms with Crippen LogP contribution in [0.15, 0.2) is 18.2 Å². The number of rotatable bonds is 3. The number of halogens is 1. The molecule has 0 saturated heterocycles. The molecule has 1 fully saturated rings. The first-order valence-corrected chi connectivity index (χ1v) is 6.15. The number of nitrogens with zero attached hydrogens (tertiary/aromatic N) is 1. The summed E-state index contributed by atoms with van der Waals surface area (Å²) in [6, 6.07) is 6.63. The van der Waals surface area contributed by atoms with E-state index in [2.05, 4.69) is 12.2 Å². The highest BCUT2D eigenvalue weighted by Gasteiger charge is 2.23. The highest BCUT2D eigenvalue weighted by Crippen LogP contribution is 2.31.